The molecule has 0 radical (unpaired) electrons. The average Bonchev–Trinajstić information content (AvgIpc) is 3.13. The maximum absolute atomic E-state index is 12.8. The molecule has 4 aromatic rings. The Kier molecular flexibility index (Phi) is 3.73. The molecule has 3 N–H and O–H groups in total. The van der Waals surface area contributed by atoms with E-state index in [9.17, 15) is 8.78 Å². The van der Waals surface area contributed by atoms with Gasteiger partial charge in [-0.1, -0.05) is 12.1 Å². The first kappa shape index (κ1) is 17.5. The lowest BCUT2D eigenvalue weighted by atomic mass is 10.1. The maximum Gasteiger partial charge on any atom is 0.333 e. The Morgan fingerprint density at radius 1 is 1.17 bits per heavy atom. The highest BCUT2D eigenvalue weighted by Gasteiger charge is 2.47. The highest BCUT2D eigenvalue weighted by molar-refractivity contribution is 5.83. The van der Waals surface area contributed by atoms with Crippen LogP contribution in [0.2, 0.25) is 0 Å². The van der Waals surface area contributed by atoms with Crippen molar-refractivity contribution in [1.29, 1.82) is 0 Å². The van der Waals surface area contributed by atoms with Gasteiger partial charge in [-0.2, -0.15) is 33.9 Å². The molecule has 0 bridgehead atoms. The van der Waals surface area contributed by atoms with Gasteiger partial charge in [0, 0.05) is 24.2 Å². The van der Waals surface area contributed by atoms with E-state index in [1.807, 2.05) is 25.2 Å². The third-order valence-electron chi connectivity index (χ3n) is 5.06. The van der Waals surface area contributed by atoms with Crippen LogP contribution in [0.4, 0.5) is 20.7 Å². The number of anilines is 2. The number of aromatic nitrogens is 7. The van der Waals surface area contributed by atoms with E-state index < -0.39 is 12.1 Å². The summed E-state index contributed by atoms with van der Waals surface area (Å²) in [4.78, 5) is 12.9. The molecule has 0 amide bonds. The van der Waals surface area contributed by atoms with Gasteiger partial charge in [-0.05, 0) is 25.0 Å². The second-order valence-corrected chi connectivity index (χ2v) is 7.05. The zero-order chi connectivity index (χ0) is 20.2. The summed E-state index contributed by atoms with van der Waals surface area (Å²) in [6.45, 7) is -2.68. The molecule has 1 saturated carbocycles. The number of nitrogens with two attached hydrogens (primary N) is 1. The molecule has 3 heterocycles. The number of nitrogens with one attached hydrogen (secondary N) is 1. The third kappa shape index (κ3) is 3.04. The van der Waals surface area contributed by atoms with Crippen molar-refractivity contribution in [3.63, 3.8) is 0 Å². The lowest BCUT2D eigenvalue weighted by Crippen LogP contribution is -2.22. The number of benzene rings is 1. The van der Waals surface area contributed by atoms with E-state index in [1.165, 1.54) is 6.20 Å². The molecule has 0 unspecified atom stereocenters. The number of rotatable bonds is 5. The van der Waals surface area contributed by atoms with Crippen molar-refractivity contribution in [2.75, 3.05) is 11.1 Å². The van der Waals surface area contributed by atoms with Crippen LogP contribution < -0.4 is 11.1 Å². The number of fused-ring (bicyclic) bond motifs is 1. The van der Waals surface area contributed by atoms with Crippen LogP contribution in [0.25, 0.3) is 22.3 Å². The molecule has 1 aliphatic carbocycles. The molecule has 1 aromatic carbocycles. The molecule has 0 spiro atoms. The predicted octanol–water partition coefficient (Wildman–Crippen LogP) is 2.70. The number of halogens is 2. The average molecular weight is 397 g/mol. The van der Waals surface area contributed by atoms with Crippen molar-refractivity contribution in [1.82, 2.24) is 34.5 Å². The molecule has 11 heteroatoms. The Morgan fingerprint density at radius 2 is 2.00 bits per heavy atom. The van der Waals surface area contributed by atoms with Gasteiger partial charge in [-0.25, -0.2) is 4.68 Å². The van der Waals surface area contributed by atoms with Gasteiger partial charge < -0.3 is 11.1 Å². The Labute approximate surface area is 163 Å². The van der Waals surface area contributed by atoms with E-state index in [0.717, 1.165) is 29.3 Å². The van der Waals surface area contributed by atoms with E-state index in [1.54, 1.807) is 16.9 Å². The molecule has 1 aliphatic rings. The molecule has 9 nitrogen and oxygen atoms in total. The van der Waals surface area contributed by atoms with Gasteiger partial charge in [0.1, 0.15) is 0 Å². The summed E-state index contributed by atoms with van der Waals surface area (Å²) < 4.78 is 28.1. The number of hydrogen-bond acceptors (Lipinski definition) is 7. The summed E-state index contributed by atoms with van der Waals surface area (Å²) in [5.74, 6) is 0.759. The quantitative estimate of drug-likeness (QED) is 0.532. The van der Waals surface area contributed by atoms with Crippen LogP contribution in [0.1, 0.15) is 25.1 Å². The second-order valence-electron chi connectivity index (χ2n) is 7.05. The lowest BCUT2D eigenvalue weighted by Gasteiger charge is -2.16. The molecule has 3 aromatic heterocycles. The molecular weight excluding hydrogens is 380 g/mol. The number of nitrogen functional groups attached to an aromatic ring is 1. The minimum atomic E-state index is -2.68. The topological polar surface area (TPSA) is 112 Å². The van der Waals surface area contributed by atoms with E-state index >= 15 is 0 Å². The summed E-state index contributed by atoms with van der Waals surface area (Å²) >= 11 is 0. The lowest BCUT2D eigenvalue weighted by molar-refractivity contribution is 0.0560. The minimum Gasteiger partial charge on any atom is -0.368 e. The number of aryl methyl sites for hydroxylation is 1. The fourth-order valence-electron chi connectivity index (χ4n) is 3.35. The van der Waals surface area contributed by atoms with Gasteiger partial charge in [0.25, 0.3) is 0 Å². The standard InChI is InChI=1S/C18H17F2N9/c1-28-12-8-10(2-3-11(12)9-22-28)14-23-16(21)25-17(24-14)26-18(5-6-18)13-4-7-29(27-13)15(19)20/h2-4,7-9,15H,5-6H2,1H3,(H3,21,23,24,25,26). The van der Waals surface area contributed by atoms with Crippen LogP contribution in [-0.4, -0.2) is 34.5 Å². The first-order valence-corrected chi connectivity index (χ1v) is 8.99. The molecule has 0 atom stereocenters. The monoisotopic (exact) mass is 397 g/mol. The smallest absolute Gasteiger partial charge is 0.333 e. The Hall–Kier alpha value is -3.63. The van der Waals surface area contributed by atoms with Crippen LogP contribution in [0.3, 0.4) is 0 Å². The molecule has 0 aliphatic heterocycles. The van der Waals surface area contributed by atoms with Crippen molar-refractivity contribution in [3.8, 4) is 11.4 Å². The Balaban J connectivity index is 1.48. The van der Waals surface area contributed by atoms with Crippen LogP contribution in [0.5, 0.6) is 0 Å². The maximum atomic E-state index is 12.8. The van der Waals surface area contributed by atoms with Gasteiger partial charge in [-0.3, -0.25) is 4.68 Å². The Morgan fingerprint density at radius 3 is 2.72 bits per heavy atom. The highest BCUT2D eigenvalue weighted by Crippen LogP contribution is 2.47. The minimum absolute atomic E-state index is 0.0662. The largest absolute Gasteiger partial charge is 0.368 e. The van der Waals surface area contributed by atoms with Crippen molar-refractivity contribution in [2.45, 2.75) is 24.9 Å². The van der Waals surface area contributed by atoms with Crippen LogP contribution in [0, 0.1) is 0 Å². The normalized spacial score (nSPS) is 15.2. The summed E-state index contributed by atoms with van der Waals surface area (Å²) in [6.07, 6.45) is 4.51. The molecule has 0 saturated heterocycles. The third-order valence-corrected chi connectivity index (χ3v) is 5.06. The zero-order valence-electron chi connectivity index (χ0n) is 15.4. The highest BCUT2D eigenvalue weighted by atomic mass is 19.3. The molecular formula is C18H17F2N9. The second kappa shape index (κ2) is 6.19. The molecule has 148 valence electrons. The van der Waals surface area contributed by atoms with Gasteiger partial charge in [0.15, 0.2) is 5.82 Å². The summed E-state index contributed by atoms with van der Waals surface area (Å²) in [5.41, 5.74) is 7.56. The van der Waals surface area contributed by atoms with Gasteiger partial charge >= 0.3 is 6.55 Å². The Bertz CT molecular complexity index is 1210. The van der Waals surface area contributed by atoms with Crippen molar-refractivity contribution >= 4 is 22.8 Å². The summed E-state index contributed by atoms with van der Waals surface area (Å²) in [6, 6.07) is 7.33. The van der Waals surface area contributed by atoms with E-state index in [4.69, 9.17) is 5.73 Å². The van der Waals surface area contributed by atoms with Gasteiger partial charge in [-0.15, -0.1) is 0 Å². The molecule has 29 heavy (non-hydrogen) atoms. The number of alkyl halides is 2. The van der Waals surface area contributed by atoms with Crippen LogP contribution >= 0.6 is 0 Å². The van der Waals surface area contributed by atoms with E-state index in [0.29, 0.717) is 16.2 Å². The van der Waals surface area contributed by atoms with Gasteiger partial charge in [0.05, 0.1) is 22.9 Å². The SMILES string of the molecule is Cn1ncc2ccc(-c3nc(N)nc(NC4(c5ccn(C(F)F)n5)CC4)n3)cc21. The van der Waals surface area contributed by atoms with Gasteiger partial charge in [0.2, 0.25) is 11.9 Å². The van der Waals surface area contributed by atoms with E-state index in [-0.39, 0.29) is 11.9 Å². The zero-order valence-corrected chi connectivity index (χ0v) is 15.4. The molecule has 1 fully saturated rings. The van der Waals surface area contributed by atoms with E-state index in [2.05, 4.69) is 30.5 Å². The predicted molar refractivity (Wildman–Crippen MR) is 102 cm³/mol. The summed E-state index contributed by atoms with van der Waals surface area (Å²) in [5, 5.41) is 12.4. The van der Waals surface area contributed by atoms with Crippen molar-refractivity contribution in [2.24, 2.45) is 7.05 Å². The first-order valence-electron chi connectivity index (χ1n) is 8.99. The summed E-state index contributed by atoms with van der Waals surface area (Å²) in [7, 11) is 1.86. The van der Waals surface area contributed by atoms with Crippen LogP contribution in [-0.2, 0) is 12.6 Å². The fraction of sp³-hybridized carbons (Fsp3) is 0.278. The number of hydrogen-bond donors (Lipinski definition) is 2. The number of nitrogens with zero attached hydrogens (tertiary/aromatic N) is 7. The van der Waals surface area contributed by atoms with Crippen molar-refractivity contribution < 1.29 is 8.78 Å². The van der Waals surface area contributed by atoms with Crippen LogP contribution in [0.15, 0.2) is 36.7 Å². The first-order chi connectivity index (χ1) is 13.9. The fourth-order valence-corrected chi connectivity index (χ4v) is 3.35. The van der Waals surface area contributed by atoms with Crippen molar-refractivity contribution in [3.05, 3.63) is 42.4 Å². The molecule has 5 rings (SSSR count).